The predicted octanol–water partition coefficient (Wildman–Crippen LogP) is 4.32. The number of fused-ring (bicyclic) bond motifs is 1. The normalized spacial score (nSPS) is 13.2. The Bertz CT molecular complexity index is 1590. The van der Waals surface area contributed by atoms with Gasteiger partial charge in [0.25, 0.3) is 5.56 Å². The van der Waals surface area contributed by atoms with Gasteiger partial charge in [0, 0.05) is 35.8 Å². The number of hydrogen-bond donors (Lipinski definition) is 1. The summed E-state index contributed by atoms with van der Waals surface area (Å²) in [5.41, 5.74) is 1.98. The van der Waals surface area contributed by atoms with Crippen LogP contribution in [0, 0.1) is 0 Å². The molecular formula is C25H19Cl2N5O2. The molecule has 0 radical (unpaired) electrons. The number of aryl methyl sites for hydroxylation is 2. The Morgan fingerprint density at radius 1 is 0.941 bits per heavy atom. The van der Waals surface area contributed by atoms with E-state index in [2.05, 4.69) is 10.3 Å². The molecule has 0 aliphatic carbocycles. The molecule has 1 atom stereocenters. The lowest BCUT2D eigenvalue weighted by molar-refractivity contribution is 0.111. The Labute approximate surface area is 204 Å². The van der Waals surface area contributed by atoms with E-state index in [4.69, 9.17) is 28.2 Å². The second-order valence-electron chi connectivity index (χ2n) is 7.99. The number of hydrogen-bond acceptors (Lipinski definition) is 5. The molecule has 170 valence electrons. The first-order valence-electron chi connectivity index (χ1n) is 10.4. The van der Waals surface area contributed by atoms with Crippen LogP contribution < -0.4 is 5.56 Å². The summed E-state index contributed by atoms with van der Waals surface area (Å²) in [5, 5.41) is 21.2. The zero-order valence-electron chi connectivity index (χ0n) is 18.3. The summed E-state index contributed by atoms with van der Waals surface area (Å²) in [6.07, 6.45) is 1.50. The second-order valence-corrected chi connectivity index (χ2v) is 8.86. The summed E-state index contributed by atoms with van der Waals surface area (Å²) in [5.74, 6) is 0. The standard InChI is InChI=1S/C25H19Cl2N5O2/c1-31-20-10-11-21(29-24(20)19(13-23(31)33)15-4-3-5-18(27)12-15)25(34,22-14-28-30-32(22)2)16-6-8-17(26)9-7-16/h3-14,34H,1-2H3. The van der Waals surface area contributed by atoms with Gasteiger partial charge in [0.1, 0.15) is 5.69 Å². The topological polar surface area (TPSA) is 85.8 Å². The Morgan fingerprint density at radius 3 is 2.38 bits per heavy atom. The molecule has 1 N–H and O–H groups in total. The monoisotopic (exact) mass is 491 g/mol. The summed E-state index contributed by atoms with van der Waals surface area (Å²) >= 11 is 12.3. The SMILES string of the molecule is Cn1nncc1C(O)(c1ccc(Cl)cc1)c1ccc2c(n1)c(-c1cccc(Cl)c1)cc(=O)n2C. The predicted molar refractivity (Wildman–Crippen MR) is 132 cm³/mol. The zero-order valence-corrected chi connectivity index (χ0v) is 19.8. The highest BCUT2D eigenvalue weighted by Crippen LogP contribution is 2.37. The summed E-state index contributed by atoms with van der Waals surface area (Å²) in [4.78, 5) is 17.6. The minimum Gasteiger partial charge on any atom is -0.373 e. The summed E-state index contributed by atoms with van der Waals surface area (Å²) in [6, 6.07) is 19.1. The first-order chi connectivity index (χ1) is 16.3. The maximum atomic E-state index is 12.7. The fraction of sp³-hybridized carbons (Fsp3) is 0.120. The molecule has 1 unspecified atom stereocenters. The van der Waals surface area contributed by atoms with E-state index < -0.39 is 5.60 Å². The molecule has 0 aliphatic rings. The Hall–Kier alpha value is -3.52. The van der Waals surface area contributed by atoms with Gasteiger partial charge in [-0.25, -0.2) is 9.67 Å². The van der Waals surface area contributed by atoms with Crippen molar-refractivity contribution >= 4 is 34.2 Å². The third-order valence-corrected chi connectivity index (χ3v) is 6.43. The molecule has 9 heteroatoms. The summed E-state index contributed by atoms with van der Waals surface area (Å²) in [6.45, 7) is 0. The van der Waals surface area contributed by atoms with Gasteiger partial charge in [0.15, 0.2) is 5.60 Å². The van der Waals surface area contributed by atoms with Crippen LogP contribution in [0.15, 0.2) is 77.7 Å². The molecule has 0 fully saturated rings. The lowest BCUT2D eigenvalue weighted by Gasteiger charge is -2.28. The Morgan fingerprint density at radius 2 is 1.71 bits per heavy atom. The maximum Gasteiger partial charge on any atom is 0.251 e. The van der Waals surface area contributed by atoms with E-state index in [1.54, 1.807) is 62.6 Å². The lowest BCUT2D eigenvalue weighted by atomic mass is 9.86. The zero-order chi connectivity index (χ0) is 24.0. The van der Waals surface area contributed by atoms with Crippen LogP contribution in [0.4, 0.5) is 0 Å². The van der Waals surface area contributed by atoms with Gasteiger partial charge in [0.05, 0.1) is 22.9 Å². The van der Waals surface area contributed by atoms with Crippen LogP contribution in [0.1, 0.15) is 17.0 Å². The first-order valence-corrected chi connectivity index (χ1v) is 11.2. The van der Waals surface area contributed by atoms with E-state index in [9.17, 15) is 9.90 Å². The van der Waals surface area contributed by atoms with Crippen LogP contribution in [0.2, 0.25) is 10.0 Å². The van der Waals surface area contributed by atoms with E-state index in [-0.39, 0.29) is 5.56 Å². The molecule has 7 nitrogen and oxygen atoms in total. The molecule has 5 aromatic rings. The van der Waals surface area contributed by atoms with Crippen molar-refractivity contribution in [1.29, 1.82) is 0 Å². The van der Waals surface area contributed by atoms with Crippen LogP contribution >= 0.6 is 23.2 Å². The number of benzene rings is 2. The highest BCUT2D eigenvalue weighted by atomic mass is 35.5. The molecule has 3 heterocycles. The minimum absolute atomic E-state index is 0.180. The third-order valence-electron chi connectivity index (χ3n) is 5.94. The van der Waals surface area contributed by atoms with E-state index in [1.165, 1.54) is 21.5 Å². The minimum atomic E-state index is -1.68. The van der Waals surface area contributed by atoms with Gasteiger partial charge in [-0.05, 0) is 47.5 Å². The number of aromatic nitrogens is 5. The van der Waals surface area contributed by atoms with Crippen molar-refractivity contribution in [3.63, 3.8) is 0 Å². The molecule has 5 rings (SSSR count). The van der Waals surface area contributed by atoms with Crippen LogP contribution in [0.3, 0.4) is 0 Å². The average Bonchev–Trinajstić information content (AvgIpc) is 3.27. The van der Waals surface area contributed by atoms with Crippen LogP contribution in [-0.4, -0.2) is 29.7 Å². The van der Waals surface area contributed by atoms with Crippen molar-refractivity contribution in [3.05, 3.63) is 110 Å². The molecule has 34 heavy (non-hydrogen) atoms. The smallest absolute Gasteiger partial charge is 0.251 e. The van der Waals surface area contributed by atoms with E-state index in [0.717, 1.165) is 5.56 Å². The van der Waals surface area contributed by atoms with Gasteiger partial charge in [-0.1, -0.05) is 52.7 Å². The van der Waals surface area contributed by atoms with Gasteiger partial charge in [-0.3, -0.25) is 4.79 Å². The summed E-state index contributed by atoms with van der Waals surface area (Å²) < 4.78 is 3.02. The van der Waals surface area contributed by atoms with Crippen LogP contribution in [0.25, 0.3) is 22.2 Å². The average molecular weight is 492 g/mol. The quantitative estimate of drug-likeness (QED) is 0.404. The van der Waals surface area contributed by atoms with Crippen molar-refractivity contribution in [2.24, 2.45) is 14.1 Å². The number of aliphatic hydroxyl groups is 1. The largest absolute Gasteiger partial charge is 0.373 e. The molecule has 3 aromatic heterocycles. The molecule has 0 amide bonds. The Kier molecular flexibility index (Phi) is 5.48. The lowest BCUT2D eigenvalue weighted by Crippen LogP contribution is -2.32. The van der Waals surface area contributed by atoms with Crippen molar-refractivity contribution < 1.29 is 5.11 Å². The molecule has 0 saturated carbocycles. The van der Waals surface area contributed by atoms with Gasteiger partial charge in [-0.2, -0.15) is 0 Å². The molecular weight excluding hydrogens is 473 g/mol. The van der Waals surface area contributed by atoms with Gasteiger partial charge in [-0.15, -0.1) is 5.10 Å². The Balaban J connectivity index is 1.84. The second kappa shape index (κ2) is 8.36. The van der Waals surface area contributed by atoms with Crippen molar-refractivity contribution in [2.45, 2.75) is 5.60 Å². The molecule has 0 aliphatic heterocycles. The van der Waals surface area contributed by atoms with Crippen molar-refractivity contribution in [3.8, 4) is 11.1 Å². The highest BCUT2D eigenvalue weighted by Gasteiger charge is 2.39. The number of rotatable bonds is 4. The van der Waals surface area contributed by atoms with Gasteiger partial charge >= 0.3 is 0 Å². The van der Waals surface area contributed by atoms with Gasteiger partial charge in [0.2, 0.25) is 0 Å². The molecule has 2 aromatic carbocycles. The third kappa shape index (κ3) is 3.58. The first kappa shape index (κ1) is 22.3. The van der Waals surface area contributed by atoms with Crippen LogP contribution in [0.5, 0.6) is 0 Å². The van der Waals surface area contributed by atoms with E-state index in [1.807, 2.05) is 12.1 Å². The fourth-order valence-corrected chi connectivity index (χ4v) is 4.46. The number of nitrogens with zero attached hydrogens (tertiary/aromatic N) is 5. The highest BCUT2D eigenvalue weighted by molar-refractivity contribution is 6.31. The van der Waals surface area contributed by atoms with Crippen molar-refractivity contribution in [2.75, 3.05) is 0 Å². The van der Waals surface area contributed by atoms with Crippen LogP contribution in [-0.2, 0) is 19.7 Å². The summed E-state index contributed by atoms with van der Waals surface area (Å²) in [7, 11) is 3.38. The number of pyridine rings is 2. The molecule has 0 spiro atoms. The van der Waals surface area contributed by atoms with E-state index >= 15 is 0 Å². The maximum absolute atomic E-state index is 12.7. The van der Waals surface area contributed by atoms with Gasteiger partial charge < -0.3 is 9.67 Å². The molecule has 0 bridgehead atoms. The number of halogens is 2. The van der Waals surface area contributed by atoms with E-state index in [0.29, 0.717) is 43.6 Å². The molecule has 0 saturated heterocycles. The fourth-order valence-electron chi connectivity index (χ4n) is 4.14. The van der Waals surface area contributed by atoms with Crippen molar-refractivity contribution in [1.82, 2.24) is 24.5 Å².